The van der Waals surface area contributed by atoms with Gasteiger partial charge in [0, 0.05) is 12.6 Å². The standard InChI is InChI=1S/C8H18N2/c1-3-10-6-4-5-8(7-10)9-2/h8-9H,3-7H2,1-2H3/t8-/m0/s1. The highest BCUT2D eigenvalue weighted by Gasteiger charge is 2.15. The van der Waals surface area contributed by atoms with E-state index in [2.05, 4.69) is 24.2 Å². The van der Waals surface area contributed by atoms with Crippen LogP contribution in [0.1, 0.15) is 19.8 Å². The van der Waals surface area contributed by atoms with Gasteiger partial charge in [-0.1, -0.05) is 6.92 Å². The maximum Gasteiger partial charge on any atom is 0.0192 e. The first-order valence-corrected chi connectivity index (χ1v) is 4.26. The number of hydrogen-bond donors (Lipinski definition) is 1. The van der Waals surface area contributed by atoms with Crippen molar-refractivity contribution >= 4 is 0 Å². The molecule has 0 unspecified atom stereocenters. The van der Waals surface area contributed by atoms with E-state index in [0.717, 1.165) is 6.04 Å². The minimum atomic E-state index is 0.744. The van der Waals surface area contributed by atoms with Crippen LogP contribution in [0.25, 0.3) is 0 Å². The first kappa shape index (κ1) is 8.02. The zero-order valence-corrected chi connectivity index (χ0v) is 7.06. The molecule has 0 spiro atoms. The molecular formula is C8H18N2. The lowest BCUT2D eigenvalue weighted by Crippen LogP contribution is -2.44. The molecule has 0 bridgehead atoms. The van der Waals surface area contributed by atoms with Crippen molar-refractivity contribution in [3.8, 4) is 0 Å². The second-order valence-corrected chi connectivity index (χ2v) is 3.02. The molecule has 0 radical (unpaired) electrons. The zero-order valence-electron chi connectivity index (χ0n) is 7.06. The van der Waals surface area contributed by atoms with Crippen molar-refractivity contribution in [1.82, 2.24) is 10.2 Å². The van der Waals surface area contributed by atoms with E-state index in [1.807, 2.05) is 0 Å². The van der Waals surface area contributed by atoms with Gasteiger partial charge in [-0.15, -0.1) is 0 Å². The third kappa shape index (κ3) is 1.96. The number of rotatable bonds is 2. The fraction of sp³-hybridized carbons (Fsp3) is 1.00. The van der Waals surface area contributed by atoms with Crippen LogP contribution in [0.15, 0.2) is 0 Å². The topological polar surface area (TPSA) is 15.3 Å². The molecule has 0 aromatic heterocycles. The van der Waals surface area contributed by atoms with Crippen molar-refractivity contribution in [2.45, 2.75) is 25.8 Å². The minimum Gasteiger partial charge on any atom is -0.316 e. The Morgan fingerprint density at radius 3 is 3.00 bits per heavy atom. The molecule has 1 atom stereocenters. The van der Waals surface area contributed by atoms with Gasteiger partial charge in [-0.3, -0.25) is 0 Å². The van der Waals surface area contributed by atoms with E-state index in [1.54, 1.807) is 0 Å². The van der Waals surface area contributed by atoms with Crippen molar-refractivity contribution in [3.63, 3.8) is 0 Å². The molecular weight excluding hydrogens is 124 g/mol. The van der Waals surface area contributed by atoms with Crippen LogP contribution in [0, 0.1) is 0 Å². The van der Waals surface area contributed by atoms with E-state index in [4.69, 9.17) is 0 Å². The molecule has 1 N–H and O–H groups in total. The molecule has 1 saturated heterocycles. The lowest BCUT2D eigenvalue weighted by molar-refractivity contribution is 0.204. The lowest BCUT2D eigenvalue weighted by Gasteiger charge is -2.31. The van der Waals surface area contributed by atoms with E-state index in [0.29, 0.717) is 0 Å². The maximum atomic E-state index is 3.33. The van der Waals surface area contributed by atoms with Crippen LogP contribution in [-0.2, 0) is 0 Å². The van der Waals surface area contributed by atoms with Crippen molar-refractivity contribution in [3.05, 3.63) is 0 Å². The van der Waals surface area contributed by atoms with Crippen molar-refractivity contribution < 1.29 is 0 Å². The van der Waals surface area contributed by atoms with E-state index in [9.17, 15) is 0 Å². The van der Waals surface area contributed by atoms with Gasteiger partial charge in [0.25, 0.3) is 0 Å². The van der Waals surface area contributed by atoms with Gasteiger partial charge in [0.15, 0.2) is 0 Å². The minimum absolute atomic E-state index is 0.744. The SMILES string of the molecule is CCN1CCC[C@H](NC)C1. The van der Waals surface area contributed by atoms with Gasteiger partial charge >= 0.3 is 0 Å². The van der Waals surface area contributed by atoms with Crippen LogP contribution in [0.3, 0.4) is 0 Å². The molecule has 0 saturated carbocycles. The van der Waals surface area contributed by atoms with Gasteiger partial charge in [-0.05, 0) is 33.0 Å². The molecule has 2 nitrogen and oxygen atoms in total. The summed E-state index contributed by atoms with van der Waals surface area (Å²) in [6, 6.07) is 0.744. The van der Waals surface area contributed by atoms with Crippen LogP contribution in [0.5, 0.6) is 0 Å². The molecule has 2 heteroatoms. The Bertz CT molecular complexity index is 83.3. The fourth-order valence-corrected chi connectivity index (χ4v) is 1.58. The first-order chi connectivity index (χ1) is 4.86. The highest BCUT2D eigenvalue weighted by atomic mass is 15.1. The number of likely N-dealkylation sites (N-methyl/N-ethyl adjacent to an activating group) is 2. The molecule has 1 heterocycles. The fourth-order valence-electron chi connectivity index (χ4n) is 1.58. The molecule has 1 aliphatic heterocycles. The van der Waals surface area contributed by atoms with Crippen molar-refractivity contribution in [1.29, 1.82) is 0 Å². The Kier molecular flexibility index (Phi) is 3.16. The molecule has 1 fully saturated rings. The van der Waals surface area contributed by atoms with E-state index >= 15 is 0 Å². The van der Waals surface area contributed by atoms with Crippen molar-refractivity contribution in [2.75, 3.05) is 26.7 Å². The number of nitrogens with zero attached hydrogens (tertiary/aromatic N) is 1. The Labute approximate surface area is 63.6 Å². The summed E-state index contributed by atoms with van der Waals surface area (Å²) in [5, 5.41) is 3.33. The quantitative estimate of drug-likeness (QED) is 0.610. The number of likely N-dealkylation sites (tertiary alicyclic amines) is 1. The van der Waals surface area contributed by atoms with Crippen molar-refractivity contribution in [2.24, 2.45) is 0 Å². The summed E-state index contributed by atoms with van der Waals surface area (Å²) in [6.07, 6.45) is 2.71. The Balaban J connectivity index is 2.25. The summed E-state index contributed by atoms with van der Waals surface area (Å²) < 4.78 is 0. The number of hydrogen-bond acceptors (Lipinski definition) is 2. The van der Waals surface area contributed by atoms with Gasteiger partial charge in [0.1, 0.15) is 0 Å². The lowest BCUT2D eigenvalue weighted by atomic mass is 10.1. The predicted molar refractivity (Wildman–Crippen MR) is 44.2 cm³/mol. The largest absolute Gasteiger partial charge is 0.316 e. The predicted octanol–water partition coefficient (Wildman–Crippen LogP) is 0.690. The van der Waals surface area contributed by atoms with Crippen LogP contribution >= 0.6 is 0 Å². The van der Waals surface area contributed by atoms with Gasteiger partial charge in [-0.25, -0.2) is 0 Å². The summed E-state index contributed by atoms with van der Waals surface area (Å²) in [6.45, 7) is 5.98. The van der Waals surface area contributed by atoms with Gasteiger partial charge in [0.05, 0.1) is 0 Å². The maximum absolute atomic E-state index is 3.33. The first-order valence-electron chi connectivity index (χ1n) is 4.26. The van der Waals surface area contributed by atoms with E-state index in [1.165, 1.54) is 32.5 Å². The van der Waals surface area contributed by atoms with Gasteiger partial charge in [0.2, 0.25) is 0 Å². The third-order valence-electron chi connectivity index (χ3n) is 2.36. The molecule has 10 heavy (non-hydrogen) atoms. The summed E-state index contributed by atoms with van der Waals surface area (Å²) >= 11 is 0. The summed E-state index contributed by atoms with van der Waals surface area (Å²) in [4.78, 5) is 2.50. The molecule has 0 amide bonds. The normalized spacial score (nSPS) is 28.8. The third-order valence-corrected chi connectivity index (χ3v) is 2.36. The van der Waals surface area contributed by atoms with Gasteiger partial charge in [-0.2, -0.15) is 0 Å². The number of nitrogens with one attached hydrogen (secondary N) is 1. The molecule has 0 aliphatic carbocycles. The molecule has 0 aromatic carbocycles. The average Bonchev–Trinajstić information content (AvgIpc) is 2.05. The highest BCUT2D eigenvalue weighted by Crippen LogP contribution is 2.08. The average molecular weight is 142 g/mol. The van der Waals surface area contributed by atoms with Crippen LogP contribution in [0.2, 0.25) is 0 Å². The molecule has 1 aliphatic rings. The summed E-state index contributed by atoms with van der Waals surface area (Å²) in [5.41, 5.74) is 0. The van der Waals surface area contributed by atoms with E-state index < -0.39 is 0 Å². The van der Waals surface area contributed by atoms with E-state index in [-0.39, 0.29) is 0 Å². The van der Waals surface area contributed by atoms with Crippen LogP contribution < -0.4 is 5.32 Å². The second-order valence-electron chi connectivity index (χ2n) is 3.02. The molecule has 0 aromatic rings. The zero-order chi connectivity index (χ0) is 7.40. The summed E-state index contributed by atoms with van der Waals surface area (Å²) in [7, 11) is 2.06. The van der Waals surface area contributed by atoms with Crippen LogP contribution in [-0.4, -0.2) is 37.6 Å². The Morgan fingerprint density at radius 2 is 2.40 bits per heavy atom. The van der Waals surface area contributed by atoms with Gasteiger partial charge < -0.3 is 10.2 Å². The molecule has 1 rings (SSSR count). The second kappa shape index (κ2) is 3.94. The highest BCUT2D eigenvalue weighted by molar-refractivity contribution is 4.75. The summed E-state index contributed by atoms with van der Waals surface area (Å²) in [5.74, 6) is 0. The Hall–Kier alpha value is -0.0800. The van der Waals surface area contributed by atoms with Crippen LogP contribution in [0.4, 0.5) is 0 Å². The molecule has 60 valence electrons. The smallest absolute Gasteiger partial charge is 0.0192 e. The Morgan fingerprint density at radius 1 is 1.60 bits per heavy atom. The number of piperidine rings is 1. The monoisotopic (exact) mass is 142 g/mol.